The Morgan fingerprint density at radius 2 is 1.82 bits per heavy atom. The standard InChI is InChI=1S/C25H26FN3O4/c1-28(25(31)17-4-2-3-5-17)14-24(30)29-21(18-8-11-22-23(12-18)33-15-32-22)13-20(27-29)16-6-9-19(26)10-7-16/h6-12,17,21H,2-5,13-15H2,1H3. The fourth-order valence-electron chi connectivity index (χ4n) is 4.77. The normalized spacial score (nSPS) is 19.6. The third-order valence-corrected chi connectivity index (χ3v) is 6.58. The number of rotatable bonds is 5. The molecule has 1 atom stereocenters. The molecular weight excluding hydrogens is 425 g/mol. The Balaban J connectivity index is 1.40. The number of hydrogen-bond acceptors (Lipinski definition) is 5. The Kier molecular flexibility index (Phi) is 5.74. The summed E-state index contributed by atoms with van der Waals surface area (Å²) in [6, 6.07) is 11.3. The largest absolute Gasteiger partial charge is 0.454 e. The van der Waals surface area contributed by atoms with Crippen LogP contribution >= 0.6 is 0 Å². The zero-order chi connectivity index (χ0) is 22.9. The van der Waals surface area contributed by atoms with Crippen LogP contribution in [0.3, 0.4) is 0 Å². The molecule has 8 heteroatoms. The van der Waals surface area contributed by atoms with Gasteiger partial charge >= 0.3 is 0 Å². The van der Waals surface area contributed by atoms with Crippen molar-refractivity contribution < 1.29 is 23.5 Å². The summed E-state index contributed by atoms with van der Waals surface area (Å²) < 4.78 is 24.3. The fraction of sp³-hybridized carbons (Fsp3) is 0.400. The van der Waals surface area contributed by atoms with Gasteiger partial charge in [-0.05, 0) is 48.2 Å². The third-order valence-electron chi connectivity index (χ3n) is 6.58. The Morgan fingerprint density at radius 3 is 2.58 bits per heavy atom. The zero-order valence-corrected chi connectivity index (χ0v) is 18.5. The fourth-order valence-corrected chi connectivity index (χ4v) is 4.77. The molecule has 0 radical (unpaired) electrons. The molecule has 2 aromatic rings. The molecule has 3 aliphatic rings. The number of hydrogen-bond donors (Lipinski definition) is 0. The Hall–Kier alpha value is -3.42. The van der Waals surface area contributed by atoms with Crippen LogP contribution < -0.4 is 9.47 Å². The van der Waals surface area contributed by atoms with Crippen molar-refractivity contribution in [2.75, 3.05) is 20.4 Å². The highest BCUT2D eigenvalue weighted by atomic mass is 19.1. The van der Waals surface area contributed by atoms with E-state index >= 15 is 0 Å². The molecule has 1 saturated carbocycles. The Morgan fingerprint density at radius 1 is 1.09 bits per heavy atom. The molecule has 172 valence electrons. The van der Waals surface area contributed by atoms with Crippen LogP contribution in [0.25, 0.3) is 0 Å². The van der Waals surface area contributed by atoms with E-state index in [4.69, 9.17) is 9.47 Å². The van der Waals surface area contributed by atoms with Gasteiger partial charge in [0.1, 0.15) is 12.4 Å². The zero-order valence-electron chi connectivity index (χ0n) is 18.5. The molecule has 1 unspecified atom stereocenters. The number of nitrogens with zero attached hydrogens (tertiary/aromatic N) is 3. The maximum absolute atomic E-state index is 13.4. The Labute approximate surface area is 191 Å². The van der Waals surface area contributed by atoms with Crippen molar-refractivity contribution in [2.24, 2.45) is 11.0 Å². The molecule has 0 bridgehead atoms. The van der Waals surface area contributed by atoms with E-state index in [0.29, 0.717) is 23.6 Å². The van der Waals surface area contributed by atoms with Crippen LogP contribution in [0.2, 0.25) is 0 Å². The first-order valence-electron chi connectivity index (χ1n) is 11.3. The highest BCUT2D eigenvalue weighted by molar-refractivity contribution is 6.03. The lowest BCUT2D eigenvalue weighted by Crippen LogP contribution is -2.41. The molecule has 0 saturated heterocycles. The highest BCUT2D eigenvalue weighted by Gasteiger charge is 2.35. The molecule has 0 aromatic heterocycles. The lowest BCUT2D eigenvalue weighted by atomic mass is 9.98. The van der Waals surface area contributed by atoms with E-state index in [1.54, 1.807) is 19.2 Å². The summed E-state index contributed by atoms with van der Waals surface area (Å²) in [5.41, 5.74) is 2.31. The SMILES string of the molecule is CN(CC(=O)N1N=C(c2ccc(F)cc2)CC1c1ccc2c(c1)OCO2)C(=O)C1CCCC1. The van der Waals surface area contributed by atoms with E-state index in [-0.39, 0.29) is 42.9 Å². The summed E-state index contributed by atoms with van der Waals surface area (Å²) in [6.45, 7) is 0.119. The van der Waals surface area contributed by atoms with Gasteiger partial charge in [-0.15, -0.1) is 0 Å². The van der Waals surface area contributed by atoms with Gasteiger partial charge in [-0.1, -0.05) is 31.0 Å². The third kappa shape index (κ3) is 4.29. The van der Waals surface area contributed by atoms with Crippen LogP contribution in [-0.2, 0) is 9.59 Å². The topological polar surface area (TPSA) is 71.4 Å². The maximum Gasteiger partial charge on any atom is 0.262 e. The molecule has 1 fully saturated rings. The van der Waals surface area contributed by atoms with E-state index in [0.717, 1.165) is 36.8 Å². The number of halogens is 1. The number of fused-ring (bicyclic) bond motifs is 1. The van der Waals surface area contributed by atoms with Crippen molar-refractivity contribution in [3.05, 3.63) is 59.4 Å². The number of carbonyl (C=O) groups excluding carboxylic acids is 2. The first-order chi connectivity index (χ1) is 16.0. The molecule has 7 nitrogen and oxygen atoms in total. The van der Waals surface area contributed by atoms with Crippen molar-refractivity contribution in [2.45, 2.75) is 38.1 Å². The van der Waals surface area contributed by atoms with E-state index in [1.807, 2.05) is 18.2 Å². The van der Waals surface area contributed by atoms with Gasteiger partial charge in [-0.25, -0.2) is 9.40 Å². The average Bonchev–Trinajstić information content (AvgIpc) is 3.59. The first-order valence-corrected chi connectivity index (χ1v) is 11.3. The number of likely N-dealkylation sites (N-methyl/N-ethyl adjacent to an activating group) is 1. The van der Waals surface area contributed by atoms with Crippen molar-refractivity contribution in [1.82, 2.24) is 9.91 Å². The summed E-state index contributed by atoms with van der Waals surface area (Å²) in [4.78, 5) is 27.6. The van der Waals surface area contributed by atoms with Crippen LogP contribution in [0.5, 0.6) is 11.5 Å². The molecule has 0 N–H and O–H groups in total. The second-order valence-corrected chi connectivity index (χ2v) is 8.80. The summed E-state index contributed by atoms with van der Waals surface area (Å²) in [5.74, 6) is 0.722. The highest BCUT2D eigenvalue weighted by Crippen LogP contribution is 2.39. The monoisotopic (exact) mass is 451 g/mol. The smallest absolute Gasteiger partial charge is 0.262 e. The van der Waals surface area contributed by atoms with Gasteiger partial charge in [-0.3, -0.25) is 9.59 Å². The van der Waals surface area contributed by atoms with Gasteiger partial charge in [-0.2, -0.15) is 5.10 Å². The summed E-state index contributed by atoms with van der Waals surface area (Å²) in [6.07, 6.45) is 4.35. The quantitative estimate of drug-likeness (QED) is 0.692. The molecule has 0 spiro atoms. The van der Waals surface area contributed by atoms with E-state index < -0.39 is 0 Å². The van der Waals surface area contributed by atoms with Gasteiger partial charge < -0.3 is 14.4 Å². The van der Waals surface area contributed by atoms with Gasteiger partial charge in [0, 0.05) is 19.4 Å². The second-order valence-electron chi connectivity index (χ2n) is 8.80. The predicted molar refractivity (Wildman–Crippen MR) is 119 cm³/mol. The molecule has 5 rings (SSSR count). The van der Waals surface area contributed by atoms with E-state index in [2.05, 4.69) is 5.10 Å². The lowest BCUT2D eigenvalue weighted by molar-refractivity contribution is -0.142. The number of benzene rings is 2. The average molecular weight is 451 g/mol. The number of ether oxygens (including phenoxy) is 2. The summed E-state index contributed by atoms with van der Waals surface area (Å²) in [5, 5.41) is 6.07. The van der Waals surface area contributed by atoms with Crippen molar-refractivity contribution in [3.63, 3.8) is 0 Å². The molecule has 1 aliphatic carbocycles. The van der Waals surface area contributed by atoms with Crippen LogP contribution in [0.1, 0.15) is 49.3 Å². The van der Waals surface area contributed by atoms with Crippen LogP contribution in [0.4, 0.5) is 4.39 Å². The van der Waals surface area contributed by atoms with E-state index in [1.165, 1.54) is 22.0 Å². The van der Waals surface area contributed by atoms with Crippen LogP contribution in [-0.4, -0.2) is 47.8 Å². The second kappa shape index (κ2) is 8.84. The maximum atomic E-state index is 13.4. The van der Waals surface area contributed by atoms with Crippen molar-refractivity contribution in [1.29, 1.82) is 0 Å². The lowest BCUT2D eigenvalue weighted by Gasteiger charge is -2.26. The molecule has 33 heavy (non-hydrogen) atoms. The van der Waals surface area contributed by atoms with Gasteiger partial charge in [0.15, 0.2) is 11.5 Å². The van der Waals surface area contributed by atoms with Crippen LogP contribution in [0, 0.1) is 11.7 Å². The van der Waals surface area contributed by atoms with E-state index in [9.17, 15) is 14.0 Å². The van der Waals surface area contributed by atoms with Crippen LogP contribution in [0.15, 0.2) is 47.6 Å². The first kappa shape index (κ1) is 21.4. The predicted octanol–water partition coefficient (Wildman–Crippen LogP) is 3.88. The molecule has 2 aliphatic heterocycles. The molecule has 2 amide bonds. The van der Waals surface area contributed by atoms with Gasteiger partial charge in [0.05, 0.1) is 11.8 Å². The summed E-state index contributed by atoms with van der Waals surface area (Å²) >= 11 is 0. The molecule has 2 heterocycles. The summed E-state index contributed by atoms with van der Waals surface area (Å²) in [7, 11) is 1.68. The number of hydrazone groups is 1. The van der Waals surface area contributed by atoms with Gasteiger partial charge in [0.2, 0.25) is 12.7 Å². The minimum Gasteiger partial charge on any atom is -0.454 e. The minimum atomic E-state index is -0.359. The number of amides is 2. The Bertz CT molecular complexity index is 1100. The molecule has 2 aromatic carbocycles. The van der Waals surface area contributed by atoms with Crippen molar-refractivity contribution >= 4 is 17.5 Å². The minimum absolute atomic E-state index is 0.00399. The molecular formula is C25H26FN3O4. The number of carbonyl (C=O) groups is 2. The van der Waals surface area contributed by atoms with Gasteiger partial charge in [0.25, 0.3) is 5.91 Å². The van der Waals surface area contributed by atoms with Crippen molar-refractivity contribution in [3.8, 4) is 11.5 Å².